The number of esters is 1. The van der Waals surface area contributed by atoms with Crippen molar-refractivity contribution in [3.63, 3.8) is 0 Å². The maximum absolute atomic E-state index is 13.4. The fourth-order valence-corrected chi connectivity index (χ4v) is 5.25. The van der Waals surface area contributed by atoms with Crippen molar-refractivity contribution < 1.29 is 24.3 Å². The Bertz CT molecular complexity index is 1850. The number of nitrogens with zero attached hydrogens (tertiary/aromatic N) is 4. The molecule has 0 saturated carbocycles. The molecule has 4 aromatic rings. The lowest BCUT2D eigenvalue weighted by atomic mass is 9.73. The number of nitrogens with one attached hydrogen (secondary N) is 1. The lowest BCUT2D eigenvalue weighted by Gasteiger charge is -2.31. The number of hydrazone groups is 1. The minimum absolute atomic E-state index is 0.0814. The summed E-state index contributed by atoms with van der Waals surface area (Å²) in [5.74, 6) is -2.14. The molecular weight excluding hydrogens is 570 g/mol. The van der Waals surface area contributed by atoms with Crippen molar-refractivity contribution in [1.29, 1.82) is 0 Å². The number of allylic oxidation sites excluding steroid dienone is 2. The lowest BCUT2D eigenvalue weighted by Crippen LogP contribution is -2.34. The van der Waals surface area contributed by atoms with E-state index >= 15 is 0 Å². The molecule has 0 saturated heterocycles. The predicted octanol–water partition coefficient (Wildman–Crippen LogP) is 6.78. The van der Waals surface area contributed by atoms with Crippen molar-refractivity contribution in [2.75, 3.05) is 12.0 Å². The molecule has 0 bridgehead atoms. The number of ether oxygens (including phenoxy) is 1. The van der Waals surface area contributed by atoms with Crippen molar-refractivity contribution >= 4 is 50.8 Å². The molecule has 1 aliphatic carbocycles. The molecular formula is C31H25N5O8. The number of fused-ring (bicyclic) bond motifs is 1. The monoisotopic (exact) mass is 595 g/mol. The number of nitro groups is 3. The summed E-state index contributed by atoms with van der Waals surface area (Å²) in [6.45, 7) is 1.74. The Labute approximate surface area is 249 Å². The molecule has 4 aromatic carbocycles. The maximum Gasteiger partial charge on any atom is 0.315 e. The molecule has 13 nitrogen and oxygen atoms in total. The average Bonchev–Trinajstić information content (AvgIpc) is 3.03. The number of carbonyl (C=O) groups excluding carboxylic acids is 1. The summed E-state index contributed by atoms with van der Waals surface area (Å²) in [7, 11) is 0. The van der Waals surface area contributed by atoms with Gasteiger partial charge in [-0.1, -0.05) is 48.5 Å². The summed E-state index contributed by atoms with van der Waals surface area (Å²) in [6, 6.07) is 22.7. The quantitative estimate of drug-likeness (QED) is 0.124. The summed E-state index contributed by atoms with van der Waals surface area (Å²) in [6.07, 6.45) is 2.08. The molecule has 2 unspecified atom stereocenters. The zero-order chi connectivity index (χ0) is 31.4. The Hall–Kier alpha value is -5.98. The molecule has 0 fully saturated rings. The number of anilines is 1. The summed E-state index contributed by atoms with van der Waals surface area (Å²) in [5.41, 5.74) is 3.87. The average molecular weight is 596 g/mol. The standard InChI is InChI=1S/C31H25N5O8/c1-2-44-31(37)30-26(20-9-11-24(12-10-20)34(38)39)16-23(22-8-7-19-5-3-4-6-21(19)15-22)17-28(30)33-32-27-14-13-25(35(40)41)18-29(27)36(42)43/h3-15,17-18,26,30,32H,2,16H2,1H3/b33-28+. The number of benzene rings is 4. The highest BCUT2D eigenvalue weighted by Crippen LogP contribution is 2.42. The minimum Gasteiger partial charge on any atom is -0.465 e. The van der Waals surface area contributed by atoms with Crippen LogP contribution in [0.15, 0.2) is 96.1 Å². The van der Waals surface area contributed by atoms with Crippen LogP contribution in [0.25, 0.3) is 16.3 Å². The maximum atomic E-state index is 13.4. The Balaban J connectivity index is 1.65. The Morgan fingerprint density at radius 3 is 2.20 bits per heavy atom. The van der Waals surface area contributed by atoms with Crippen molar-refractivity contribution in [2.24, 2.45) is 11.0 Å². The molecule has 13 heteroatoms. The van der Waals surface area contributed by atoms with Gasteiger partial charge in [0.05, 0.1) is 33.2 Å². The van der Waals surface area contributed by atoms with E-state index in [1.807, 2.05) is 42.5 Å². The zero-order valence-electron chi connectivity index (χ0n) is 23.3. The molecule has 0 radical (unpaired) electrons. The predicted molar refractivity (Wildman–Crippen MR) is 163 cm³/mol. The van der Waals surface area contributed by atoms with Crippen molar-refractivity contribution in [3.8, 4) is 0 Å². The molecule has 222 valence electrons. The number of rotatable bonds is 9. The van der Waals surface area contributed by atoms with Crippen LogP contribution in [0, 0.1) is 36.3 Å². The fourth-order valence-electron chi connectivity index (χ4n) is 5.25. The molecule has 2 atom stereocenters. The SMILES string of the molecule is CCOC(=O)C1/C(=N/Nc2ccc([N+](=O)[O-])cc2[N+](=O)[O-])C=C(c2ccc3ccccc3c2)CC1c1ccc([N+](=O)[O-])cc1. The van der Waals surface area contributed by atoms with Gasteiger partial charge in [-0.05, 0) is 59.0 Å². The van der Waals surface area contributed by atoms with E-state index in [4.69, 9.17) is 4.74 Å². The second-order valence-electron chi connectivity index (χ2n) is 9.98. The Morgan fingerprint density at radius 2 is 1.55 bits per heavy atom. The van der Waals surface area contributed by atoms with E-state index in [9.17, 15) is 35.1 Å². The first kappa shape index (κ1) is 29.5. The van der Waals surface area contributed by atoms with E-state index < -0.39 is 43.9 Å². The van der Waals surface area contributed by atoms with Crippen LogP contribution in [0.4, 0.5) is 22.7 Å². The summed E-state index contributed by atoms with van der Waals surface area (Å²) in [4.78, 5) is 45.6. The van der Waals surface area contributed by atoms with Crippen LogP contribution >= 0.6 is 0 Å². The van der Waals surface area contributed by atoms with Gasteiger partial charge in [-0.15, -0.1) is 0 Å². The fraction of sp³-hybridized carbons (Fsp3) is 0.161. The zero-order valence-corrected chi connectivity index (χ0v) is 23.3. The van der Waals surface area contributed by atoms with E-state index in [0.29, 0.717) is 12.0 Å². The van der Waals surface area contributed by atoms with E-state index in [-0.39, 0.29) is 23.7 Å². The molecule has 5 rings (SSSR count). The van der Waals surface area contributed by atoms with Crippen molar-refractivity contribution in [2.45, 2.75) is 19.3 Å². The topological polar surface area (TPSA) is 180 Å². The molecule has 0 aromatic heterocycles. The largest absolute Gasteiger partial charge is 0.465 e. The van der Waals surface area contributed by atoms with Crippen LogP contribution in [0.5, 0.6) is 0 Å². The van der Waals surface area contributed by atoms with Crippen LogP contribution in [0.1, 0.15) is 30.4 Å². The molecule has 1 aliphatic rings. The Morgan fingerprint density at radius 1 is 0.864 bits per heavy atom. The highest BCUT2D eigenvalue weighted by atomic mass is 16.6. The summed E-state index contributed by atoms with van der Waals surface area (Å²) in [5, 5.41) is 40.7. The molecule has 1 N–H and O–H groups in total. The van der Waals surface area contributed by atoms with Gasteiger partial charge in [0.25, 0.3) is 11.4 Å². The van der Waals surface area contributed by atoms with Gasteiger partial charge in [0, 0.05) is 24.1 Å². The van der Waals surface area contributed by atoms with Crippen LogP contribution in [0.3, 0.4) is 0 Å². The number of non-ortho nitro benzene ring substituents is 2. The van der Waals surface area contributed by atoms with Gasteiger partial charge in [0.1, 0.15) is 11.6 Å². The third-order valence-corrected chi connectivity index (χ3v) is 7.37. The number of carbonyl (C=O) groups is 1. The molecule has 0 amide bonds. The third-order valence-electron chi connectivity index (χ3n) is 7.37. The van der Waals surface area contributed by atoms with Gasteiger partial charge in [0.2, 0.25) is 0 Å². The van der Waals surface area contributed by atoms with Gasteiger partial charge in [-0.3, -0.25) is 40.6 Å². The van der Waals surface area contributed by atoms with Gasteiger partial charge in [0.15, 0.2) is 0 Å². The van der Waals surface area contributed by atoms with Gasteiger partial charge in [-0.2, -0.15) is 5.10 Å². The van der Waals surface area contributed by atoms with Crippen molar-refractivity contribution in [1.82, 2.24) is 0 Å². The first-order valence-electron chi connectivity index (χ1n) is 13.5. The molecule has 0 aliphatic heterocycles. The van der Waals surface area contributed by atoms with Crippen LogP contribution in [-0.2, 0) is 9.53 Å². The highest BCUT2D eigenvalue weighted by molar-refractivity contribution is 6.14. The molecule has 44 heavy (non-hydrogen) atoms. The van der Waals surface area contributed by atoms with Gasteiger partial charge in [-0.25, -0.2) is 0 Å². The van der Waals surface area contributed by atoms with Crippen LogP contribution in [0.2, 0.25) is 0 Å². The minimum atomic E-state index is -0.981. The van der Waals surface area contributed by atoms with Crippen molar-refractivity contribution in [3.05, 3.63) is 132 Å². The normalized spacial score (nSPS) is 17.1. The first-order chi connectivity index (χ1) is 21.2. The van der Waals surface area contributed by atoms with Crippen LogP contribution in [-0.4, -0.2) is 33.1 Å². The molecule has 0 heterocycles. The third kappa shape index (κ3) is 6.11. The molecule has 0 spiro atoms. The summed E-state index contributed by atoms with van der Waals surface area (Å²) < 4.78 is 5.41. The number of hydrogen-bond donors (Lipinski definition) is 1. The highest BCUT2D eigenvalue weighted by Gasteiger charge is 2.39. The van der Waals surface area contributed by atoms with Crippen LogP contribution < -0.4 is 5.43 Å². The van der Waals surface area contributed by atoms with E-state index in [1.165, 1.54) is 18.2 Å². The van der Waals surface area contributed by atoms with E-state index in [1.54, 1.807) is 25.1 Å². The van der Waals surface area contributed by atoms with E-state index in [0.717, 1.165) is 34.0 Å². The second kappa shape index (κ2) is 12.5. The lowest BCUT2D eigenvalue weighted by molar-refractivity contribution is -0.393. The Kier molecular flexibility index (Phi) is 8.37. The number of nitro benzene ring substituents is 3. The van der Waals surface area contributed by atoms with Gasteiger partial charge < -0.3 is 4.74 Å². The smallest absolute Gasteiger partial charge is 0.315 e. The number of hydrogen-bond acceptors (Lipinski definition) is 10. The second-order valence-corrected chi connectivity index (χ2v) is 9.98. The summed E-state index contributed by atoms with van der Waals surface area (Å²) >= 11 is 0. The van der Waals surface area contributed by atoms with E-state index in [2.05, 4.69) is 10.5 Å². The van der Waals surface area contributed by atoms with Gasteiger partial charge >= 0.3 is 11.7 Å². The first-order valence-corrected chi connectivity index (χ1v) is 13.5.